The standard InChI is InChI=1S/C19H31N7O7/c1-9(2)15(21)18(31)24-11(3-4-14(20)28)16(29)25-12(5-10-6-22-8-23-10)17(30)26-13(7-27)19(32)33/h6,8-9,11-13,15,27H,3-5,7,21H2,1-2H3,(H2,20,28)(H,22,23)(H,24,31)(H,25,29)(H,26,30)(H,32,33). The molecule has 10 N–H and O–H groups in total. The summed E-state index contributed by atoms with van der Waals surface area (Å²) in [5.41, 5.74) is 11.4. The number of carbonyl (C=O) groups excluding carboxylic acids is 4. The van der Waals surface area contributed by atoms with Crippen LogP contribution in [0, 0.1) is 5.92 Å². The van der Waals surface area contributed by atoms with Gasteiger partial charge in [-0.05, 0) is 12.3 Å². The van der Waals surface area contributed by atoms with Crippen molar-refractivity contribution in [2.75, 3.05) is 6.61 Å². The number of aliphatic hydroxyl groups excluding tert-OH is 1. The van der Waals surface area contributed by atoms with Crippen molar-refractivity contribution in [1.29, 1.82) is 0 Å². The first-order valence-electron chi connectivity index (χ1n) is 10.2. The Morgan fingerprint density at radius 3 is 2.09 bits per heavy atom. The molecule has 0 spiro atoms. The lowest BCUT2D eigenvalue weighted by Crippen LogP contribution is -2.58. The Balaban J connectivity index is 3.05. The fraction of sp³-hybridized carbons (Fsp3) is 0.579. The van der Waals surface area contributed by atoms with Crippen molar-refractivity contribution in [3.8, 4) is 0 Å². The summed E-state index contributed by atoms with van der Waals surface area (Å²) in [4.78, 5) is 66.9. The molecule has 0 bridgehead atoms. The van der Waals surface area contributed by atoms with Crippen LogP contribution in [0.25, 0.3) is 0 Å². The van der Waals surface area contributed by atoms with Gasteiger partial charge in [0.15, 0.2) is 0 Å². The predicted molar refractivity (Wildman–Crippen MR) is 114 cm³/mol. The van der Waals surface area contributed by atoms with Gasteiger partial charge in [-0.15, -0.1) is 0 Å². The summed E-state index contributed by atoms with van der Waals surface area (Å²) in [6.07, 6.45) is 2.28. The first kappa shape index (κ1) is 27.5. The summed E-state index contributed by atoms with van der Waals surface area (Å²) in [6.45, 7) is 2.57. The zero-order valence-corrected chi connectivity index (χ0v) is 18.4. The van der Waals surface area contributed by atoms with Crippen LogP contribution in [0.1, 0.15) is 32.4 Å². The van der Waals surface area contributed by atoms with Crippen molar-refractivity contribution in [2.24, 2.45) is 17.4 Å². The Morgan fingerprint density at radius 1 is 1.03 bits per heavy atom. The third-order valence-electron chi connectivity index (χ3n) is 4.74. The quantitative estimate of drug-likeness (QED) is 0.136. The monoisotopic (exact) mass is 469 g/mol. The second kappa shape index (κ2) is 13.1. The summed E-state index contributed by atoms with van der Waals surface area (Å²) in [7, 11) is 0. The number of nitrogens with zero attached hydrogens (tertiary/aromatic N) is 1. The number of amides is 4. The normalized spacial score (nSPS) is 14.6. The minimum atomic E-state index is -1.59. The smallest absolute Gasteiger partial charge is 0.328 e. The lowest BCUT2D eigenvalue weighted by molar-refractivity contribution is -0.143. The summed E-state index contributed by atoms with van der Waals surface area (Å²) < 4.78 is 0. The zero-order valence-electron chi connectivity index (χ0n) is 18.4. The second-order valence-corrected chi connectivity index (χ2v) is 7.76. The number of hydrogen-bond donors (Lipinski definition) is 8. The van der Waals surface area contributed by atoms with Crippen LogP contribution in [-0.2, 0) is 30.4 Å². The third-order valence-corrected chi connectivity index (χ3v) is 4.74. The summed E-state index contributed by atoms with van der Waals surface area (Å²) in [5, 5.41) is 25.3. The Bertz CT molecular complexity index is 828. The molecule has 0 aliphatic rings. The first-order valence-corrected chi connectivity index (χ1v) is 10.2. The van der Waals surface area contributed by atoms with Crippen LogP contribution < -0.4 is 27.4 Å². The number of carbonyl (C=O) groups is 5. The van der Waals surface area contributed by atoms with Crippen molar-refractivity contribution in [1.82, 2.24) is 25.9 Å². The fourth-order valence-electron chi connectivity index (χ4n) is 2.68. The molecular weight excluding hydrogens is 438 g/mol. The van der Waals surface area contributed by atoms with Gasteiger partial charge in [-0.3, -0.25) is 19.2 Å². The number of aromatic nitrogens is 2. The van der Waals surface area contributed by atoms with E-state index in [1.165, 1.54) is 12.5 Å². The number of carboxylic acid groups (broad SMARTS) is 1. The molecule has 0 aliphatic carbocycles. The van der Waals surface area contributed by atoms with Crippen LogP contribution in [0.15, 0.2) is 12.5 Å². The van der Waals surface area contributed by atoms with Crippen LogP contribution in [0.5, 0.6) is 0 Å². The molecule has 1 heterocycles. The van der Waals surface area contributed by atoms with E-state index in [9.17, 15) is 24.0 Å². The van der Waals surface area contributed by atoms with E-state index in [1.54, 1.807) is 13.8 Å². The highest BCUT2D eigenvalue weighted by Gasteiger charge is 2.31. The molecule has 1 aromatic heterocycles. The number of H-pyrrole nitrogens is 1. The highest BCUT2D eigenvalue weighted by atomic mass is 16.4. The fourth-order valence-corrected chi connectivity index (χ4v) is 2.68. The number of primary amides is 1. The van der Waals surface area contributed by atoms with Crippen LogP contribution in [0.2, 0.25) is 0 Å². The lowest BCUT2D eigenvalue weighted by Gasteiger charge is -2.25. The Morgan fingerprint density at radius 2 is 1.61 bits per heavy atom. The van der Waals surface area contributed by atoms with E-state index in [0.717, 1.165) is 0 Å². The average Bonchev–Trinajstić information content (AvgIpc) is 3.25. The highest BCUT2D eigenvalue weighted by Crippen LogP contribution is 2.05. The lowest BCUT2D eigenvalue weighted by atomic mass is 10.0. The van der Waals surface area contributed by atoms with Gasteiger partial charge in [-0.1, -0.05) is 13.8 Å². The van der Waals surface area contributed by atoms with E-state index in [1.807, 2.05) is 0 Å². The highest BCUT2D eigenvalue weighted by molar-refractivity contribution is 5.94. The number of rotatable bonds is 14. The van der Waals surface area contributed by atoms with Crippen molar-refractivity contribution in [2.45, 2.75) is 57.3 Å². The molecule has 14 nitrogen and oxygen atoms in total. The average molecular weight is 469 g/mol. The van der Waals surface area contributed by atoms with Crippen LogP contribution in [-0.4, -0.2) is 80.6 Å². The SMILES string of the molecule is CC(C)C(N)C(=O)NC(CCC(N)=O)C(=O)NC(Cc1cnc[nH]1)C(=O)NC(CO)C(=O)O. The molecule has 184 valence electrons. The number of nitrogens with two attached hydrogens (primary N) is 2. The van der Waals surface area contributed by atoms with Crippen molar-refractivity contribution < 1.29 is 34.2 Å². The minimum Gasteiger partial charge on any atom is -0.480 e. The predicted octanol–water partition coefficient (Wildman–Crippen LogP) is -3.27. The van der Waals surface area contributed by atoms with E-state index in [-0.39, 0.29) is 25.2 Å². The van der Waals surface area contributed by atoms with E-state index < -0.39 is 60.4 Å². The maximum Gasteiger partial charge on any atom is 0.328 e. The summed E-state index contributed by atoms with van der Waals surface area (Å²) >= 11 is 0. The van der Waals surface area contributed by atoms with E-state index in [2.05, 4.69) is 25.9 Å². The molecule has 0 aromatic carbocycles. The van der Waals surface area contributed by atoms with Crippen molar-refractivity contribution >= 4 is 29.6 Å². The molecule has 0 saturated carbocycles. The third kappa shape index (κ3) is 9.24. The molecule has 0 radical (unpaired) electrons. The van der Waals surface area contributed by atoms with Gasteiger partial charge in [0.05, 0.1) is 19.0 Å². The van der Waals surface area contributed by atoms with Gasteiger partial charge >= 0.3 is 5.97 Å². The largest absolute Gasteiger partial charge is 0.480 e. The van der Waals surface area contributed by atoms with Gasteiger partial charge < -0.3 is 42.6 Å². The molecule has 4 unspecified atom stereocenters. The summed E-state index contributed by atoms with van der Waals surface area (Å²) in [5.74, 6) is -4.72. The number of aliphatic carboxylic acids is 1. The van der Waals surface area contributed by atoms with Crippen molar-refractivity contribution in [3.05, 3.63) is 18.2 Å². The van der Waals surface area contributed by atoms with Gasteiger partial charge in [0.1, 0.15) is 18.1 Å². The second-order valence-electron chi connectivity index (χ2n) is 7.76. The van der Waals surface area contributed by atoms with E-state index in [4.69, 9.17) is 21.7 Å². The molecule has 14 heteroatoms. The van der Waals surface area contributed by atoms with Gasteiger partial charge in [-0.2, -0.15) is 0 Å². The van der Waals surface area contributed by atoms with Crippen molar-refractivity contribution in [3.63, 3.8) is 0 Å². The van der Waals surface area contributed by atoms with Crippen LogP contribution in [0.4, 0.5) is 0 Å². The van der Waals surface area contributed by atoms with Crippen LogP contribution in [0.3, 0.4) is 0 Å². The van der Waals surface area contributed by atoms with Gasteiger partial charge in [0, 0.05) is 24.7 Å². The Hall–Kier alpha value is -3.52. The molecule has 1 rings (SSSR count). The summed E-state index contributed by atoms with van der Waals surface area (Å²) in [6, 6.07) is -5.04. The molecule has 1 aromatic rings. The number of hydrogen-bond acceptors (Lipinski definition) is 8. The topological polar surface area (TPSA) is 243 Å². The van der Waals surface area contributed by atoms with Gasteiger partial charge in [-0.25, -0.2) is 9.78 Å². The molecule has 4 amide bonds. The van der Waals surface area contributed by atoms with Gasteiger partial charge in [0.2, 0.25) is 23.6 Å². The Labute approximate surface area is 189 Å². The molecule has 0 aliphatic heterocycles. The molecule has 4 atom stereocenters. The number of aromatic amines is 1. The molecule has 33 heavy (non-hydrogen) atoms. The number of imidazole rings is 1. The zero-order chi connectivity index (χ0) is 25.1. The number of aliphatic hydroxyl groups is 1. The molecule has 0 saturated heterocycles. The van der Waals surface area contributed by atoms with E-state index in [0.29, 0.717) is 5.69 Å². The maximum absolute atomic E-state index is 12.9. The molecule has 0 fully saturated rings. The molecular formula is C19H31N7O7. The number of nitrogens with one attached hydrogen (secondary N) is 4. The van der Waals surface area contributed by atoms with Crippen LogP contribution >= 0.6 is 0 Å². The first-order chi connectivity index (χ1) is 15.5. The Kier molecular flexibility index (Phi) is 10.9. The minimum absolute atomic E-state index is 0.0999. The number of carboxylic acids is 1. The van der Waals surface area contributed by atoms with E-state index >= 15 is 0 Å². The maximum atomic E-state index is 12.9. The van der Waals surface area contributed by atoms with Gasteiger partial charge in [0.25, 0.3) is 0 Å².